The van der Waals surface area contributed by atoms with Gasteiger partial charge in [-0.15, -0.1) is 11.8 Å². The fourth-order valence-corrected chi connectivity index (χ4v) is 6.02. The Morgan fingerprint density at radius 1 is 0.914 bits per heavy atom. The fourth-order valence-electron chi connectivity index (χ4n) is 5.08. The summed E-state index contributed by atoms with van der Waals surface area (Å²) >= 11 is 1.63. The highest BCUT2D eigenvalue weighted by Crippen LogP contribution is 2.35. The van der Waals surface area contributed by atoms with Crippen molar-refractivity contribution in [3.63, 3.8) is 0 Å². The molecule has 35 heavy (non-hydrogen) atoms. The van der Waals surface area contributed by atoms with Crippen molar-refractivity contribution in [1.29, 1.82) is 0 Å². The molecular weight excluding hydrogens is 458 g/mol. The van der Waals surface area contributed by atoms with Gasteiger partial charge in [0.15, 0.2) is 5.76 Å². The van der Waals surface area contributed by atoms with Crippen molar-refractivity contribution < 1.29 is 14.3 Å². The van der Waals surface area contributed by atoms with Gasteiger partial charge in [-0.05, 0) is 36.1 Å². The van der Waals surface area contributed by atoms with Crippen LogP contribution < -0.4 is 4.90 Å². The lowest BCUT2D eigenvalue weighted by Crippen LogP contribution is -2.47. The Bertz CT molecular complexity index is 1140. The highest BCUT2D eigenvalue weighted by Gasteiger charge is 2.34. The van der Waals surface area contributed by atoms with Crippen molar-refractivity contribution >= 4 is 29.4 Å². The number of ether oxygens (including phenoxy) is 2. The van der Waals surface area contributed by atoms with Gasteiger partial charge < -0.3 is 14.4 Å². The second-order valence-corrected chi connectivity index (χ2v) is 10.6. The van der Waals surface area contributed by atoms with E-state index in [9.17, 15) is 4.79 Å². The van der Waals surface area contributed by atoms with Gasteiger partial charge in [-0.2, -0.15) is 0 Å². The molecule has 3 heterocycles. The van der Waals surface area contributed by atoms with Crippen LogP contribution in [0.15, 0.2) is 71.1 Å². The summed E-state index contributed by atoms with van der Waals surface area (Å²) in [5.41, 5.74) is 3.45. The number of para-hydroxylation sites is 1. The number of hydrogen-bond donors (Lipinski definition) is 0. The third-order valence-electron chi connectivity index (χ3n) is 7.09. The van der Waals surface area contributed by atoms with Crippen LogP contribution in [0, 0.1) is 0 Å². The molecule has 2 saturated heterocycles. The van der Waals surface area contributed by atoms with Gasteiger partial charge in [-0.25, -0.2) is 0 Å². The van der Waals surface area contributed by atoms with Crippen LogP contribution in [0.5, 0.6) is 0 Å². The Labute approximate surface area is 211 Å². The molecule has 2 aromatic carbocycles. The molecule has 1 aliphatic carbocycles. The number of anilines is 1. The molecule has 3 fully saturated rings. The van der Waals surface area contributed by atoms with Crippen LogP contribution >= 0.6 is 11.8 Å². The van der Waals surface area contributed by atoms with E-state index < -0.39 is 0 Å². The molecule has 0 N–H and O–H groups in total. The van der Waals surface area contributed by atoms with E-state index in [0.29, 0.717) is 18.8 Å². The van der Waals surface area contributed by atoms with Crippen LogP contribution in [0.3, 0.4) is 0 Å². The van der Waals surface area contributed by atoms with Crippen molar-refractivity contribution in [3.05, 3.63) is 82.3 Å². The SMILES string of the molecule is O=C1C(=Cc2ccccc2N2CCN(C3CC3)CC2)SCCN1C1=C(Cc2ccccc2)OCO1. The minimum absolute atomic E-state index is 0.0133. The second-order valence-electron chi connectivity index (χ2n) is 9.42. The summed E-state index contributed by atoms with van der Waals surface area (Å²) in [5.74, 6) is 2.10. The Morgan fingerprint density at radius 2 is 1.69 bits per heavy atom. The maximum absolute atomic E-state index is 13.6. The lowest BCUT2D eigenvalue weighted by molar-refractivity contribution is -0.127. The highest BCUT2D eigenvalue weighted by atomic mass is 32.2. The molecule has 4 aliphatic rings. The van der Waals surface area contributed by atoms with E-state index >= 15 is 0 Å². The molecule has 0 atom stereocenters. The third kappa shape index (κ3) is 4.93. The molecule has 1 amide bonds. The fraction of sp³-hybridized carbons (Fsp3) is 0.393. The average molecular weight is 490 g/mol. The van der Waals surface area contributed by atoms with Crippen LogP contribution in [0.4, 0.5) is 5.69 Å². The first-order chi connectivity index (χ1) is 17.3. The first-order valence-corrected chi connectivity index (χ1v) is 13.5. The minimum Gasteiger partial charge on any atom is -0.456 e. The molecule has 6 rings (SSSR count). The zero-order valence-corrected chi connectivity index (χ0v) is 20.7. The Kier molecular flexibility index (Phi) is 6.44. The van der Waals surface area contributed by atoms with E-state index in [4.69, 9.17) is 9.47 Å². The van der Waals surface area contributed by atoms with E-state index in [2.05, 4.69) is 52.3 Å². The topological polar surface area (TPSA) is 45.3 Å². The number of hydrogen-bond acceptors (Lipinski definition) is 6. The highest BCUT2D eigenvalue weighted by molar-refractivity contribution is 8.04. The van der Waals surface area contributed by atoms with E-state index in [-0.39, 0.29) is 12.7 Å². The van der Waals surface area contributed by atoms with Gasteiger partial charge >= 0.3 is 0 Å². The molecule has 6 nitrogen and oxygen atoms in total. The Morgan fingerprint density at radius 3 is 2.49 bits per heavy atom. The van der Waals surface area contributed by atoms with E-state index in [1.54, 1.807) is 16.7 Å². The van der Waals surface area contributed by atoms with Crippen LogP contribution in [-0.4, -0.2) is 67.0 Å². The van der Waals surface area contributed by atoms with E-state index in [0.717, 1.165) is 59.8 Å². The number of nitrogens with zero attached hydrogens (tertiary/aromatic N) is 3. The maximum atomic E-state index is 13.6. The smallest absolute Gasteiger partial charge is 0.267 e. The van der Waals surface area contributed by atoms with Crippen molar-refractivity contribution in [2.45, 2.75) is 25.3 Å². The van der Waals surface area contributed by atoms with Gasteiger partial charge in [-0.1, -0.05) is 48.5 Å². The summed E-state index contributed by atoms with van der Waals surface area (Å²) < 4.78 is 11.6. The maximum Gasteiger partial charge on any atom is 0.267 e. The lowest BCUT2D eigenvalue weighted by Gasteiger charge is -2.37. The summed E-state index contributed by atoms with van der Waals surface area (Å²) in [7, 11) is 0. The van der Waals surface area contributed by atoms with Crippen molar-refractivity contribution in [2.75, 3.05) is 50.2 Å². The number of allylic oxidation sites excluding steroid dienone is 1. The summed E-state index contributed by atoms with van der Waals surface area (Å²) in [6.45, 7) is 5.07. The zero-order chi connectivity index (χ0) is 23.6. The molecule has 0 unspecified atom stereocenters. The molecule has 3 aliphatic heterocycles. The first kappa shape index (κ1) is 22.6. The lowest BCUT2D eigenvalue weighted by atomic mass is 10.1. The Balaban J connectivity index is 1.22. The summed E-state index contributed by atoms with van der Waals surface area (Å²) in [6, 6.07) is 19.4. The number of piperazine rings is 1. The largest absolute Gasteiger partial charge is 0.456 e. The molecule has 0 aromatic heterocycles. The quantitative estimate of drug-likeness (QED) is 0.564. The molecule has 0 bridgehead atoms. The molecule has 2 aromatic rings. The third-order valence-corrected chi connectivity index (χ3v) is 8.08. The van der Waals surface area contributed by atoms with Gasteiger partial charge in [-0.3, -0.25) is 14.6 Å². The van der Waals surface area contributed by atoms with Crippen molar-refractivity contribution in [3.8, 4) is 0 Å². The second kappa shape index (κ2) is 9.99. The van der Waals surface area contributed by atoms with E-state index in [1.165, 1.54) is 18.5 Å². The summed E-state index contributed by atoms with van der Waals surface area (Å²) in [5, 5.41) is 0. The van der Waals surface area contributed by atoms with Gasteiger partial charge in [0, 0.05) is 56.6 Å². The number of benzene rings is 2. The Hall–Kier alpha value is -2.90. The summed E-state index contributed by atoms with van der Waals surface area (Å²) in [4.78, 5) is 21.2. The molecular formula is C28H31N3O3S. The van der Waals surface area contributed by atoms with E-state index in [1.807, 2.05) is 18.2 Å². The predicted molar refractivity (Wildman–Crippen MR) is 140 cm³/mol. The van der Waals surface area contributed by atoms with Crippen molar-refractivity contribution in [1.82, 2.24) is 9.80 Å². The van der Waals surface area contributed by atoms with Gasteiger partial charge in [0.05, 0.1) is 4.91 Å². The number of amides is 1. The molecule has 0 radical (unpaired) electrons. The van der Waals surface area contributed by atoms with Crippen LogP contribution in [0.1, 0.15) is 24.0 Å². The standard InChI is InChI=1S/C28H31N3O3S/c32-27-26(19-22-8-4-5-9-24(22)30-14-12-29(13-15-30)23-10-11-23)35-17-16-31(27)28-25(33-20-34-28)18-21-6-2-1-3-7-21/h1-9,19,23H,10-18,20H2. The molecule has 1 saturated carbocycles. The van der Waals surface area contributed by atoms with Crippen molar-refractivity contribution in [2.24, 2.45) is 0 Å². The number of thioether (sulfide) groups is 1. The van der Waals surface area contributed by atoms with Crippen LogP contribution in [0.25, 0.3) is 6.08 Å². The number of carbonyl (C=O) groups excluding carboxylic acids is 1. The molecule has 182 valence electrons. The average Bonchev–Trinajstić information content (AvgIpc) is 3.66. The monoisotopic (exact) mass is 489 g/mol. The predicted octanol–water partition coefficient (Wildman–Crippen LogP) is 4.30. The van der Waals surface area contributed by atoms with Gasteiger partial charge in [0.1, 0.15) is 0 Å². The van der Waals surface area contributed by atoms with Crippen LogP contribution in [-0.2, 0) is 20.7 Å². The van der Waals surface area contributed by atoms with Crippen LogP contribution in [0.2, 0.25) is 0 Å². The van der Waals surface area contributed by atoms with Gasteiger partial charge in [0.25, 0.3) is 5.91 Å². The number of rotatable bonds is 6. The van der Waals surface area contributed by atoms with Gasteiger partial charge in [0.2, 0.25) is 12.7 Å². The number of carbonyl (C=O) groups is 1. The molecule has 7 heteroatoms. The first-order valence-electron chi connectivity index (χ1n) is 12.5. The normalized spacial score (nSPS) is 22.5. The summed E-state index contributed by atoms with van der Waals surface area (Å²) in [6.07, 6.45) is 5.39. The zero-order valence-electron chi connectivity index (χ0n) is 19.9. The molecule has 0 spiro atoms. The minimum atomic E-state index is -0.0133.